The van der Waals surface area contributed by atoms with Gasteiger partial charge < -0.3 is 24.4 Å². The summed E-state index contributed by atoms with van der Waals surface area (Å²) in [5.41, 5.74) is 0. The number of hydrogen-bond acceptors (Lipinski definition) is 5. The van der Waals surface area contributed by atoms with Crippen LogP contribution in [-0.2, 0) is 14.2 Å². The van der Waals surface area contributed by atoms with E-state index in [1.807, 2.05) is 0 Å². The van der Waals surface area contributed by atoms with Crippen molar-refractivity contribution in [2.75, 3.05) is 26.4 Å². The van der Waals surface area contributed by atoms with Gasteiger partial charge in [0.1, 0.15) is 0 Å². The first-order valence-corrected chi connectivity index (χ1v) is 6.41. The Morgan fingerprint density at radius 2 is 1.29 bits per heavy atom. The second kappa shape index (κ2) is 6.66. The van der Waals surface area contributed by atoms with E-state index < -0.39 is 0 Å². The Labute approximate surface area is 102 Å². The van der Waals surface area contributed by atoms with E-state index >= 15 is 0 Å². The maximum atomic E-state index is 9.27. The van der Waals surface area contributed by atoms with Gasteiger partial charge in [0.15, 0.2) is 0 Å². The molecule has 2 aliphatic heterocycles. The molecule has 0 aromatic carbocycles. The van der Waals surface area contributed by atoms with Crippen LogP contribution in [0.4, 0.5) is 0 Å². The molecule has 5 nitrogen and oxygen atoms in total. The second-order valence-corrected chi connectivity index (χ2v) is 4.91. The van der Waals surface area contributed by atoms with Crippen molar-refractivity contribution in [2.24, 2.45) is 0 Å². The Morgan fingerprint density at radius 3 is 1.65 bits per heavy atom. The molecule has 0 aliphatic carbocycles. The van der Waals surface area contributed by atoms with Crippen molar-refractivity contribution >= 4 is 0 Å². The summed E-state index contributed by atoms with van der Waals surface area (Å²) in [6.45, 7) is 1.96. The first kappa shape index (κ1) is 13.2. The molecular weight excluding hydrogens is 224 g/mol. The lowest BCUT2D eigenvalue weighted by atomic mass is 10.1. The lowest BCUT2D eigenvalue weighted by Gasteiger charge is -2.28. The predicted octanol–water partition coefficient (Wildman–Crippen LogP) is 0.0828. The van der Waals surface area contributed by atoms with Crippen LogP contribution in [0, 0.1) is 0 Å². The molecule has 0 radical (unpaired) electrons. The van der Waals surface area contributed by atoms with Crippen LogP contribution in [0.25, 0.3) is 0 Å². The monoisotopic (exact) mass is 246 g/mol. The topological polar surface area (TPSA) is 68.2 Å². The van der Waals surface area contributed by atoms with E-state index in [1.165, 1.54) is 0 Å². The van der Waals surface area contributed by atoms with Gasteiger partial charge in [0.25, 0.3) is 0 Å². The van der Waals surface area contributed by atoms with Crippen molar-refractivity contribution in [1.29, 1.82) is 0 Å². The molecule has 4 unspecified atom stereocenters. The fourth-order valence-corrected chi connectivity index (χ4v) is 2.18. The molecule has 4 atom stereocenters. The lowest BCUT2D eigenvalue weighted by Crippen LogP contribution is -2.35. The van der Waals surface area contributed by atoms with Crippen LogP contribution in [0.3, 0.4) is 0 Å². The average molecular weight is 246 g/mol. The van der Waals surface area contributed by atoms with E-state index in [9.17, 15) is 10.2 Å². The van der Waals surface area contributed by atoms with E-state index in [4.69, 9.17) is 14.2 Å². The van der Waals surface area contributed by atoms with Crippen molar-refractivity contribution in [3.8, 4) is 0 Å². The molecule has 0 aromatic rings. The Balaban J connectivity index is 1.54. The molecule has 2 heterocycles. The summed E-state index contributed by atoms with van der Waals surface area (Å²) in [7, 11) is 0. The van der Waals surface area contributed by atoms with E-state index in [1.54, 1.807) is 0 Å². The summed E-state index contributed by atoms with van der Waals surface area (Å²) >= 11 is 0. The normalized spacial score (nSPS) is 39.2. The van der Waals surface area contributed by atoms with Crippen molar-refractivity contribution in [3.63, 3.8) is 0 Å². The molecule has 5 heteroatoms. The zero-order valence-corrected chi connectivity index (χ0v) is 10.1. The molecule has 0 amide bonds. The quantitative estimate of drug-likeness (QED) is 0.735. The van der Waals surface area contributed by atoms with Gasteiger partial charge in [0, 0.05) is 0 Å². The summed E-state index contributed by atoms with van der Waals surface area (Å²) in [6, 6.07) is 0. The average Bonchev–Trinajstić information content (AvgIpc) is 2.34. The van der Waals surface area contributed by atoms with Gasteiger partial charge in [-0.05, 0) is 25.7 Å². The van der Waals surface area contributed by atoms with Crippen LogP contribution < -0.4 is 0 Å². The Morgan fingerprint density at radius 1 is 0.824 bits per heavy atom. The molecule has 2 saturated heterocycles. The zero-order chi connectivity index (χ0) is 12.1. The SMILES string of the molecule is OC1CCC(COCC2CCC(O)CO2)OC1. The minimum Gasteiger partial charge on any atom is -0.391 e. The van der Waals surface area contributed by atoms with Crippen LogP contribution in [0.1, 0.15) is 25.7 Å². The second-order valence-electron chi connectivity index (χ2n) is 4.91. The number of aliphatic hydroxyl groups excluding tert-OH is 2. The molecule has 2 aliphatic rings. The minimum atomic E-state index is -0.311. The third kappa shape index (κ3) is 4.52. The molecule has 0 spiro atoms. The molecular formula is C12H22O5. The van der Waals surface area contributed by atoms with E-state index in [0.29, 0.717) is 26.4 Å². The minimum absolute atomic E-state index is 0.104. The number of ether oxygens (including phenoxy) is 3. The fourth-order valence-electron chi connectivity index (χ4n) is 2.18. The highest BCUT2D eigenvalue weighted by Crippen LogP contribution is 2.16. The first-order chi connectivity index (χ1) is 8.24. The first-order valence-electron chi connectivity index (χ1n) is 6.41. The van der Waals surface area contributed by atoms with Gasteiger partial charge in [-0.25, -0.2) is 0 Å². The standard InChI is InChI=1S/C12H22O5/c13-9-1-3-11(16-5-9)7-15-8-12-4-2-10(14)6-17-12/h9-14H,1-8H2. The molecule has 100 valence electrons. The number of rotatable bonds is 4. The molecule has 0 bridgehead atoms. The Hall–Kier alpha value is -0.200. The highest BCUT2D eigenvalue weighted by Gasteiger charge is 2.22. The van der Waals surface area contributed by atoms with Crippen LogP contribution in [0.15, 0.2) is 0 Å². The van der Waals surface area contributed by atoms with Crippen LogP contribution in [0.2, 0.25) is 0 Å². The maximum absolute atomic E-state index is 9.27. The van der Waals surface area contributed by atoms with Gasteiger partial charge >= 0.3 is 0 Å². The van der Waals surface area contributed by atoms with Crippen molar-refractivity contribution in [2.45, 2.75) is 50.1 Å². The van der Waals surface area contributed by atoms with E-state index in [-0.39, 0.29) is 24.4 Å². The molecule has 2 N–H and O–H groups in total. The maximum Gasteiger partial charge on any atom is 0.0810 e. The number of hydrogen-bond donors (Lipinski definition) is 2. The van der Waals surface area contributed by atoms with E-state index in [2.05, 4.69) is 0 Å². The molecule has 2 rings (SSSR count). The van der Waals surface area contributed by atoms with Crippen LogP contribution in [0.5, 0.6) is 0 Å². The summed E-state index contributed by atoms with van der Waals surface area (Å²) < 4.78 is 16.5. The van der Waals surface area contributed by atoms with Gasteiger partial charge in [0.05, 0.1) is 50.8 Å². The van der Waals surface area contributed by atoms with Crippen molar-refractivity contribution in [3.05, 3.63) is 0 Å². The van der Waals surface area contributed by atoms with E-state index in [0.717, 1.165) is 25.7 Å². The highest BCUT2D eigenvalue weighted by molar-refractivity contribution is 4.71. The van der Waals surface area contributed by atoms with Gasteiger partial charge in [-0.3, -0.25) is 0 Å². The molecule has 2 fully saturated rings. The highest BCUT2D eigenvalue weighted by atomic mass is 16.6. The third-order valence-electron chi connectivity index (χ3n) is 3.30. The Bertz CT molecular complexity index is 185. The fraction of sp³-hybridized carbons (Fsp3) is 1.00. The molecule has 17 heavy (non-hydrogen) atoms. The van der Waals surface area contributed by atoms with Gasteiger partial charge in [-0.15, -0.1) is 0 Å². The van der Waals surface area contributed by atoms with Gasteiger partial charge in [0.2, 0.25) is 0 Å². The molecule has 0 aromatic heterocycles. The molecule has 0 saturated carbocycles. The summed E-state index contributed by atoms with van der Waals surface area (Å²) in [4.78, 5) is 0. The summed E-state index contributed by atoms with van der Waals surface area (Å²) in [5, 5.41) is 18.5. The number of aliphatic hydroxyl groups is 2. The summed E-state index contributed by atoms with van der Waals surface area (Å²) in [5.74, 6) is 0. The smallest absolute Gasteiger partial charge is 0.0810 e. The summed E-state index contributed by atoms with van der Waals surface area (Å²) in [6.07, 6.45) is 2.88. The zero-order valence-electron chi connectivity index (χ0n) is 10.1. The van der Waals surface area contributed by atoms with Crippen LogP contribution >= 0.6 is 0 Å². The predicted molar refractivity (Wildman–Crippen MR) is 60.8 cm³/mol. The van der Waals surface area contributed by atoms with Gasteiger partial charge in [-0.2, -0.15) is 0 Å². The van der Waals surface area contributed by atoms with Crippen molar-refractivity contribution in [1.82, 2.24) is 0 Å². The van der Waals surface area contributed by atoms with Crippen molar-refractivity contribution < 1.29 is 24.4 Å². The Kier molecular flexibility index (Phi) is 5.18. The van der Waals surface area contributed by atoms with Crippen LogP contribution in [-0.4, -0.2) is 61.1 Å². The third-order valence-corrected chi connectivity index (χ3v) is 3.30. The lowest BCUT2D eigenvalue weighted by molar-refractivity contribution is -0.115. The van der Waals surface area contributed by atoms with Gasteiger partial charge in [-0.1, -0.05) is 0 Å². The largest absolute Gasteiger partial charge is 0.391 e.